The normalized spacial score (nSPS) is 18.8. The first-order chi connectivity index (χ1) is 7.84. The molecular formula is C13H21N3. The third-order valence-corrected chi connectivity index (χ3v) is 3.24. The highest BCUT2D eigenvalue weighted by atomic mass is 14.9. The van der Waals surface area contributed by atoms with Gasteiger partial charge in [0.2, 0.25) is 0 Å². The number of nitrogen functional groups attached to an aromatic ring is 1. The number of aromatic nitrogens is 1. The van der Waals surface area contributed by atoms with E-state index < -0.39 is 0 Å². The molecular weight excluding hydrogens is 198 g/mol. The minimum absolute atomic E-state index is 0.601. The van der Waals surface area contributed by atoms with E-state index in [0.29, 0.717) is 6.04 Å². The molecule has 0 aromatic carbocycles. The standard InChI is InChI=1S/C13H21N3/c14-11-8-13(10-15-9-11)16-12-6-4-2-1-3-5-7-12/h8-10,12,16H,1-7,14H2. The van der Waals surface area contributed by atoms with Crippen molar-refractivity contribution in [3.05, 3.63) is 18.5 Å². The highest BCUT2D eigenvalue weighted by Gasteiger charge is 2.10. The Hall–Kier alpha value is -1.25. The van der Waals surface area contributed by atoms with Gasteiger partial charge in [-0.1, -0.05) is 32.1 Å². The average molecular weight is 219 g/mol. The molecule has 0 amide bonds. The SMILES string of the molecule is Nc1cncc(NC2CCCCCCC2)c1. The molecule has 3 N–H and O–H groups in total. The maximum absolute atomic E-state index is 5.72. The number of nitrogens with zero attached hydrogens (tertiary/aromatic N) is 1. The molecule has 1 aliphatic carbocycles. The molecule has 16 heavy (non-hydrogen) atoms. The van der Waals surface area contributed by atoms with Crippen molar-refractivity contribution in [2.75, 3.05) is 11.1 Å². The van der Waals surface area contributed by atoms with Crippen LogP contribution in [0.5, 0.6) is 0 Å². The molecule has 1 aromatic heterocycles. The van der Waals surface area contributed by atoms with Crippen molar-refractivity contribution in [2.45, 2.75) is 51.0 Å². The summed E-state index contributed by atoms with van der Waals surface area (Å²) < 4.78 is 0. The second-order valence-electron chi connectivity index (χ2n) is 4.69. The summed E-state index contributed by atoms with van der Waals surface area (Å²) in [5.41, 5.74) is 7.51. The van der Waals surface area contributed by atoms with E-state index in [1.54, 1.807) is 6.20 Å². The first-order valence-electron chi connectivity index (χ1n) is 6.31. The molecule has 2 rings (SSSR count). The lowest BCUT2D eigenvalue weighted by atomic mass is 9.96. The zero-order chi connectivity index (χ0) is 11.2. The van der Waals surface area contributed by atoms with Crippen LogP contribution in [0.15, 0.2) is 18.5 Å². The van der Waals surface area contributed by atoms with Crippen molar-refractivity contribution in [1.82, 2.24) is 4.98 Å². The topological polar surface area (TPSA) is 50.9 Å². The van der Waals surface area contributed by atoms with Gasteiger partial charge in [0.05, 0.1) is 17.6 Å². The number of hydrogen-bond acceptors (Lipinski definition) is 3. The zero-order valence-corrected chi connectivity index (χ0v) is 9.78. The number of hydrogen-bond donors (Lipinski definition) is 2. The second-order valence-corrected chi connectivity index (χ2v) is 4.69. The Morgan fingerprint density at radius 2 is 1.75 bits per heavy atom. The molecule has 0 aliphatic heterocycles. The highest BCUT2D eigenvalue weighted by molar-refractivity contribution is 5.51. The third-order valence-electron chi connectivity index (χ3n) is 3.24. The molecule has 0 spiro atoms. The van der Waals surface area contributed by atoms with Crippen LogP contribution >= 0.6 is 0 Å². The van der Waals surface area contributed by atoms with Crippen LogP contribution in [-0.2, 0) is 0 Å². The quantitative estimate of drug-likeness (QED) is 0.803. The largest absolute Gasteiger partial charge is 0.397 e. The molecule has 0 radical (unpaired) electrons. The Bertz CT molecular complexity index is 317. The van der Waals surface area contributed by atoms with Gasteiger partial charge in [-0.25, -0.2) is 0 Å². The number of nitrogens with two attached hydrogens (primary N) is 1. The van der Waals surface area contributed by atoms with Gasteiger partial charge in [0.1, 0.15) is 0 Å². The van der Waals surface area contributed by atoms with Gasteiger partial charge in [0.15, 0.2) is 0 Å². The van der Waals surface area contributed by atoms with Gasteiger partial charge in [-0.3, -0.25) is 4.98 Å². The third kappa shape index (κ3) is 3.40. The van der Waals surface area contributed by atoms with Crippen LogP contribution in [0.1, 0.15) is 44.9 Å². The second kappa shape index (κ2) is 5.73. The monoisotopic (exact) mass is 219 g/mol. The zero-order valence-electron chi connectivity index (χ0n) is 9.78. The Labute approximate surface area is 97.5 Å². The molecule has 1 aliphatic rings. The van der Waals surface area contributed by atoms with Gasteiger partial charge in [-0.15, -0.1) is 0 Å². The summed E-state index contributed by atoms with van der Waals surface area (Å²) in [5, 5.41) is 3.55. The Morgan fingerprint density at radius 3 is 2.44 bits per heavy atom. The van der Waals surface area contributed by atoms with Crippen LogP contribution in [0.2, 0.25) is 0 Å². The Morgan fingerprint density at radius 1 is 1.06 bits per heavy atom. The fourth-order valence-electron chi connectivity index (χ4n) is 2.37. The van der Waals surface area contributed by atoms with Crippen molar-refractivity contribution >= 4 is 11.4 Å². The number of nitrogens with one attached hydrogen (secondary N) is 1. The molecule has 0 atom stereocenters. The van der Waals surface area contributed by atoms with E-state index in [1.165, 1.54) is 44.9 Å². The molecule has 1 saturated carbocycles. The van der Waals surface area contributed by atoms with Crippen molar-refractivity contribution in [3.8, 4) is 0 Å². The summed E-state index contributed by atoms with van der Waals surface area (Å²) in [6.45, 7) is 0. The molecule has 0 bridgehead atoms. The van der Waals surface area contributed by atoms with Gasteiger partial charge in [0, 0.05) is 12.2 Å². The van der Waals surface area contributed by atoms with E-state index in [1.807, 2.05) is 12.3 Å². The molecule has 1 fully saturated rings. The van der Waals surface area contributed by atoms with Gasteiger partial charge >= 0.3 is 0 Å². The molecule has 3 nitrogen and oxygen atoms in total. The average Bonchev–Trinajstić information content (AvgIpc) is 2.22. The number of pyridine rings is 1. The van der Waals surface area contributed by atoms with Crippen LogP contribution in [0.4, 0.5) is 11.4 Å². The van der Waals surface area contributed by atoms with E-state index >= 15 is 0 Å². The fourth-order valence-corrected chi connectivity index (χ4v) is 2.37. The number of anilines is 2. The number of rotatable bonds is 2. The van der Waals surface area contributed by atoms with E-state index in [-0.39, 0.29) is 0 Å². The van der Waals surface area contributed by atoms with Crippen LogP contribution in [0, 0.1) is 0 Å². The minimum Gasteiger partial charge on any atom is -0.397 e. The van der Waals surface area contributed by atoms with Crippen LogP contribution in [-0.4, -0.2) is 11.0 Å². The van der Waals surface area contributed by atoms with Gasteiger partial charge in [-0.05, 0) is 18.9 Å². The first-order valence-corrected chi connectivity index (χ1v) is 6.31. The molecule has 3 heteroatoms. The molecule has 0 unspecified atom stereocenters. The predicted molar refractivity (Wildman–Crippen MR) is 68.4 cm³/mol. The van der Waals surface area contributed by atoms with Gasteiger partial charge in [-0.2, -0.15) is 0 Å². The fraction of sp³-hybridized carbons (Fsp3) is 0.615. The smallest absolute Gasteiger partial charge is 0.0549 e. The lowest BCUT2D eigenvalue weighted by Crippen LogP contribution is -2.20. The summed E-state index contributed by atoms with van der Waals surface area (Å²) >= 11 is 0. The Kier molecular flexibility index (Phi) is 4.03. The molecule has 88 valence electrons. The van der Waals surface area contributed by atoms with Crippen LogP contribution in [0.25, 0.3) is 0 Å². The van der Waals surface area contributed by atoms with Crippen molar-refractivity contribution in [1.29, 1.82) is 0 Å². The molecule has 0 saturated heterocycles. The summed E-state index contributed by atoms with van der Waals surface area (Å²) in [6.07, 6.45) is 12.9. The van der Waals surface area contributed by atoms with E-state index in [2.05, 4.69) is 10.3 Å². The van der Waals surface area contributed by atoms with Crippen LogP contribution in [0.3, 0.4) is 0 Å². The molecule has 1 heterocycles. The summed E-state index contributed by atoms with van der Waals surface area (Å²) in [4.78, 5) is 4.10. The lowest BCUT2D eigenvalue weighted by molar-refractivity contribution is 0.471. The van der Waals surface area contributed by atoms with E-state index in [0.717, 1.165) is 11.4 Å². The van der Waals surface area contributed by atoms with Gasteiger partial charge < -0.3 is 11.1 Å². The van der Waals surface area contributed by atoms with Crippen molar-refractivity contribution in [2.24, 2.45) is 0 Å². The van der Waals surface area contributed by atoms with Crippen molar-refractivity contribution in [3.63, 3.8) is 0 Å². The molecule has 1 aromatic rings. The minimum atomic E-state index is 0.601. The maximum atomic E-state index is 5.72. The first kappa shape index (κ1) is 11.2. The Balaban J connectivity index is 1.91. The van der Waals surface area contributed by atoms with Crippen LogP contribution < -0.4 is 11.1 Å². The van der Waals surface area contributed by atoms with Crippen molar-refractivity contribution < 1.29 is 0 Å². The summed E-state index contributed by atoms with van der Waals surface area (Å²) in [5.74, 6) is 0. The maximum Gasteiger partial charge on any atom is 0.0549 e. The predicted octanol–water partition coefficient (Wildman–Crippen LogP) is 3.19. The van der Waals surface area contributed by atoms with Gasteiger partial charge in [0.25, 0.3) is 0 Å². The highest BCUT2D eigenvalue weighted by Crippen LogP contribution is 2.21. The van der Waals surface area contributed by atoms with E-state index in [9.17, 15) is 0 Å². The lowest BCUT2D eigenvalue weighted by Gasteiger charge is -2.22. The summed E-state index contributed by atoms with van der Waals surface area (Å²) in [7, 11) is 0. The summed E-state index contributed by atoms with van der Waals surface area (Å²) in [6, 6.07) is 2.56. The van der Waals surface area contributed by atoms with E-state index in [4.69, 9.17) is 5.73 Å².